The molecule has 1 aromatic rings. The Balaban J connectivity index is 2.02. The molecule has 1 atom stereocenters. The van der Waals surface area contributed by atoms with E-state index < -0.39 is 0 Å². The zero-order valence-corrected chi connectivity index (χ0v) is 13.1. The molecule has 0 spiro atoms. The van der Waals surface area contributed by atoms with E-state index in [9.17, 15) is 0 Å². The maximum atomic E-state index is 3.61. The highest BCUT2D eigenvalue weighted by Crippen LogP contribution is 2.36. The van der Waals surface area contributed by atoms with E-state index >= 15 is 0 Å². The largest absolute Gasteiger partial charge is 0.310 e. The lowest BCUT2D eigenvalue weighted by Gasteiger charge is -2.24. The SMILES string of the molecule is CCCNC(C)c1ccccc1SC1CCCCC1. The maximum Gasteiger partial charge on any atom is 0.0302 e. The first-order valence-electron chi connectivity index (χ1n) is 7.80. The van der Waals surface area contributed by atoms with Crippen LogP contribution in [0.1, 0.15) is 64.0 Å². The molecule has 19 heavy (non-hydrogen) atoms. The quantitative estimate of drug-likeness (QED) is 0.769. The molecule has 0 heterocycles. The fourth-order valence-electron chi connectivity index (χ4n) is 2.78. The highest BCUT2D eigenvalue weighted by atomic mass is 32.2. The minimum atomic E-state index is 0.465. The van der Waals surface area contributed by atoms with Gasteiger partial charge in [-0.05, 0) is 44.4 Å². The smallest absolute Gasteiger partial charge is 0.0302 e. The number of benzene rings is 1. The summed E-state index contributed by atoms with van der Waals surface area (Å²) in [5.74, 6) is 0. The lowest BCUT2D eigenvalue weighted by Crippen LogP contribution is -2.20. The molecule has 0 bridgehead atoms. The van der Waals surface area contributed by atoms with Crippen molar-refractivity contribution in [1.82, 2.24) is 5.32 Å². The molecule has 106 valence electrons. The first-order chi connectivity index (χ1) is 9.31. The van der Waals surface area contributed by atoms with Crippen molar-refractivity contribution >= 4 is 11.8 Å². The van der Waals surface area contributed by atoms with Gasteiger partial charge in [0.1, 0.15) is 0 Å². The highest BCUT2D eigenvalue weighted by molar-refractivity contribution is 8.00. The average Bonchev–Trinajstić information content (AvgIpc) is 2.46. The molecular weight excluding hydrogens is 250 g/mol. The van der Waals surface area contributed by atoms with Crippen LogP contribution in [0.2, 0.25) is 0 Å². The number of hydrogen-bond donors (Lipinski definition) is 1. The van der Waals surface area contributed by atoms with E-state index in [4.69, 9.17) is 0 Å². The molecule has 1 unspecified atom stereocenters. The summed E-state index contributed by atoms with van der Waals surface area (Å²) in [6.07, 6.45) is 8.27. The van der Waals surface area contributed by atoms with E-state index in [0.717, 1.165) is 11.8 Å². The first-order valence-corrected chi connectivity index (χ1v) is 8.68. The van der Waals surface area contributed by atoms with Gasteiger partial charge in [-0.25, -0.2) is 0 Å². The van der Waals surface area contributed by atoms with Crippen LogP contribution in [0.25, 0.3) is 0 Å². The molecule has 1 aliphatic rings. The van der Waals surface area contributed by atoms with Gasteiger partial charge in [-0.3, -0.25) is 0 Å². The number of nitrogens with one attached hydrogen (secondary N) is 1. The third-order valence-corrected chi connectivity index (χ3v) is 5.36. The van der Waals surface area contributed by atoms with Gasteiger partial charge < -0.3 is 5.32 Å². The summed E-state index contributed by atoms with van der Waals surface area (Å²) in [5, 5.41) is 4.45. The van der Waals surface area contributed by atoms with Crippen LogP contribution in [-0.4, -0.2) is 11.8 Å². The highest BCUT2D eigenvalue weighted by Gasteiger charge is 2.17. The molecule has 1 nitrogen and oxygen atoms in total. The van der Waals surface area contributed by atoms with Gasteiger partial charge in [-0.2, -0.15) is 0 Å². The second kappa shape index (κ2) is 7.96. The van der Waals surface area contributed by atoms with Crippen molar-refractivity contribution in [2.24, 2.45) is 0 Å². The lowest BCUT2D eigenvalue weighted by molar-refractivity contribution is 0.515. The zero-order valence-electron chi connectivity index (χ0n) is 12.3. The van der Waals surface area contributed by atoms with Crippen LogP contribution < -0.4 is 5.32 Å². The molecule has 0 aromatic heterocycles. The van der Waals surface area contributed by atoms with E-state index in [-0.39, 0.29) is 0 Å². The molecule has 2 rings (SSSR count). The van der Waals surface area contributed by atoms with Crippen molar-refractivity contribution in [3.63, 3.8) is 0 Å². The van der Waals surface area contributed by atoms with Crippen LogP contribution in [0.5, 0.6) is 0 Å². The van der Waals surface area contributed by atoms with Crippen LogP contribution in [0.15, 0.2) is 29.2 Å². The van der Waals surface area contributed by atoms with E-state index in [1.54, 1.807) is 0 Å². The van der Waals surface area contributed by atoms with E-state index in [1.165, 1.54) is 49.0 Å². The molecule has 1 aliphatic carbocycles. The van der Waals surface area contributed by atoms with Crippen LogP contribution in [0, 0.1) is 0 Å². The van der Waals surface area contributed by atoms with Crippen molar-refractivity contribution < 1.29 is 0 Å². The Morgan fingerprint density at radius 3 is 2.68 bits per heavy atom. The van der Waals surface area contributed by atoms with Gasteiger partial charge in [-0.1, -0.05) is 44.4 Å². The minimum absolute atomic E-state index is 0.465. The second-order valence-corrected chi connectivity index (χ2v) is 6.93. The Hall–Kier alpha value is -0.470. The van der Waals surface area contributed by atoms with Crippen molar-refractivity contribution in [3.8, 4) is 0 Å². The molecule has 1 aromatic carbocycles. The molecule has 1 N–H and O–H groups in total. The molecule has 1 fully saturated rings. The first kappa shape index (κ1) is 14.9. The van der Waals surface area contributed by atoms with Gasteiger partial charge in [0, 0.05) is 16.2 Å². The van der Waals surface area contributed by atoms with Crippen molar-refractivity contribution in [2.45, 2.75) is 68.6 Å². The third kappa shape index (κ3) is 4.54. The molecule has 1 saturated carbocycles. The standard InChI is InChI=1S/C17H27NS/c1-3-13-18-14(2)16-11-7-8-12-17(16)19-15-9-5-4-6-10-15/h7-8,11-12,14-15,18H,3-6,9-10,13H2,1-2H3. The molecule has 0 saturated heterocycles. The van der Waals surface area contributed by atoms with Gasteiger partial charge in [0.15, 0.2) is 0 Å². The monoisotopic (exact) mass is 277 g/mol. The summed E-state index contributed by atoms with van der Waals surface area (Å²) in [5.41, 5.74) is 1.48. The number of rotatable bonds is 6. The zero-order chi connectivity index (χ0) is 13.5. The third-order valence-electron chi connectivity index (χ3n) is 3.93. The molecule has 0 amide bonds. The summed E-state index contributed by atoms with van der Waals surface area (Å²) in [7, 11) is 0. The Bertz CT molecular complexity index is 371. The minimum Gasteiger partial charge on any atom is -0.310 e. The van der Waals surface area contributed by atoms with Crippen molar-refractivity contribution in [3.05, 3.63) is 29.8 Å². The van der Waals surface area contributed by atoms with E-state index in [0.29, 0.717) is 6.04 Å². The van der Waals surface area contributed by atoms with Crippen LogP contribution in [0.3, 0.4) is 0 Å². The van der Waals surface area contributed by atoms with Gasteiger partial charge in [0.05, 0.1) is 0 Å². The average molecular weight is 277 g/mol. The fourth-order valence-corrected chi connectivity index (χ4v) is 4.25. The Labute approximate surface area is 122 Å². The van der Waals surface area contributed by atoms with E-state index in [2.05, 4.69) is 55.2 Å². The Kier molecular flexibility index (Phi) is 6.25. The molecular formula is C17H27NS. The summed E-state index contributed by atoms with van der Waals surface area (Å²) >= 11 is 2.11. The topological polar surface area (TPSA) is 12.0 Å². The molecule has 0 aliphatic heterocycles. The molecule has 0 radical (unpaired) electrons. The Morgan fingerprint density at radius 1 is 1.21 bits per heavy atom. The van der Waals surface area contributed by atoms with Crippen LogP contribution in [0.4, 0.5) is 0 Å². The van der Waals surface area contributed by atoms with Crippen molar-refractivity contribution in [2.75, 3.05) is 6.54 Å². The predicted octanol–water partition coefficient (Wildman–Crippen LogP) is 5.17. The van der Waals surface area contributed by atoms with Crippen LogP contribution >= 0.6 is 11.8 Å². The van der Waals surface area contributed by atoms with Crippen molar-refractivity contribution in [1.29, 1.82) is 0 Å². The normalized spacial score (nSPS) is 18.4. The summed E-state index contributed by atoms with van der Waals surface area (Å²) in [6, 6.07) is 9.41. The van der Waals surface area contributed by atoms with Gasteiger partial charge in [0.2, 0.25) is 0 Å². The van der Waals surface area contributed by atoms with Gasteiger partial charge in [0.25, 0.3) is 0 Å². The summed E-state index contributed by atoms with van der Waals surface area (Å²) in [4.78, 5) is 1.49. The fraction of sp³-hybridized carbons (Fsp3) is 0.647. The van der Waals surface area contributed by atoms with Gasteiger partial charge in [-0.15, -0.1) is 11.8 Å². The summed E-state index contributed by atoms with van der Waals surface area (Å²) in [6.45, 7) is 5.61. The van der Waals surface area contributed by atoms with Gasteiger partial charge >= 0.3 is 0 Å². The number of thioether (sulfide) groups is 1. The Morgan fingerprint density at radius 2 is 1.95 bits per heavy atom. The second-order valence-electron chi connectivity index (χ2n) is 5.59. The maximum absolute atomic E-state index is 3.61. The summed E-state index contributed by atoms with van der Waals surface area (Å²) < 4.78 is 0. The predicted molar refractivity (Wildman–Crippen MR) is 85.9 cm³/mol. The molecule has 2 heteroatoms. The van der Waals surface area contributed by atoms with Crippen LogP contribution in [-0.2, 0) is 0 Å². The lowest BCUT2D eigenvalue weighted by atomic mass is 10.0. The van der Waals surface area contributed by atoms with E-state index in [1.807, 2.05) is 0 Å². The number of hydrogen-bond acceptors (Lipinski definition) is 2.